The number of aryl methyl sites for hydroxylation is 1. The minimum Gasteiger partial charge on any atom is -0.497 e. The molecular weight excluding hydrogens is 519 g/mol. The second-order valence-corrected chi connectivity index (χ2v) is 9.70. The first kappa shape index (κ1) is 31.0. The van der Waals surface area contributed by atoms with Crippen LogP contribution in [0.15, 0.2) is 112 Å². The monoisotopic (exact) mass is 556 g/mol. The Morgan fingerprint density at radius 1 is 1.22 bits per heavy atom. The van der Waals surface area contributed by atoms with Gasteiger partial charge in [-0.15, -0.1) is 0 Å². The van der Waals surface area contributed by atoms with Crippen LogP contribution in [0.3, 0.4) is 0 Å². The molecule has 2 N–H and O–H groups in total. The molecule has 7 heteroatoms. The van der Waals surface area contributed by atoms with Crippen LogP contribution in [0.2, 0.25) is 0 Å². The molecular formula is C34H37FN2O4. The maximum Gasteiger partial charge on any atom is 0.225 e. The van der Waals surface area contributed by atoms with E-state index in [1.54, 1.807) is 31.4 Å². The number of nitrogens with zero attached hydrogens (tertiary/aromatic N) is 1. The van der Waals surface area contributed by atoms with Gasteiger partial charge >= 0.3 is 0 Å². The lowest BCUT2D eigenvalue weighted by molar-refractivity contribution is -0.120. The molecule has 0 aliphatic heterocycles. The number of hydrogen-bond acceptors (Lipinski definition) is 5. The van der Waals surface area contributed by atoms with Crippen LogP contribution in [-0.2, 0) is 16.8 Å². The average molecular weight is 557 g/mol. The molecule has 0 radical (unpaired) electrons. The van der Waals surface area contributed by atoms with Gasteiger partial charge in [0.2, 0.25) is 5.91 Å². The Morgan fingerprint density at radius 2 is 1.98 bits per heavy atom. The maximum atomic E-state index is 14.5. The first-order valence-electron chi connectivity index (χ1n) is 13.2. The Hall–Kier alpha value is -4.49. The smallest absolute Gasteiger partial charge is 0.225 e. The molecule has 0 spiro atoms. The van der Waals surface area contributed by atoms with Gasteiger partial charge in [-0.1, -0.05) is 55.7 Å². The maximum absolute atomic E-state index is 14.5. The van der Waals surface area contributed by atoms with Crippen LogP contribution in [0, 0.1) is 6.92 Å². The van der Waals surface area contributed by atoms with Crippen LogP contribution in [0.4, 0.5) is 4.39 Å². The van der Waals surface area contributed by atoms with Gasteiger partial charge in [0.25, 0.3) is 0 Å². The van der Waals surface area contributed by atoms with E-state index < -0.39 is 17.5 Å². The van der Waals surface area contributed by atoms with Crippen molar-refractivity contribution >= 4 is 23.1 Å². The molecule has 41 heavy (non-hydrogen) atoms. The number of aliphatic hydroxyl groups is 1. The molecule has 2 unspecified atom stereocenters. The second kappa shape index (κ2) is 13.7. The van der Waals surface area contributed by atoms with Crippen molar-refractivity contribution in [2.24, 2.45) is 4.99 Å². The normalized spacial score (nSPS) is 15.0. The lowest BCUT2D eigenvalue weighted by atomic mass is 9.92. The fourth-order valence-electron chi connectivity index (χ4n) is 4.61. The second-order valence-electron chi connectivity index (χ2n) is 9.70. The van der Waals surface area contributed by atoms with Crippen molar-refractivity contribution < 1.29 is 23.4 Å². The van der Waals surface area contributed by atoms with Crippen LogP contribution in [-0.4, -0.2) is 31.4 Å². The molecule has 0 fully saturated rings. The number of nitrogens with one attached hydrogen (secondary N) is 1. The molecule has 3 rings (SSSR count). The largest absolute Gasteiger partial charge is 0.497 e. The number of benzene rings is 2. The fraction of sp³-hybridized carbons (Fsp3) is 0.235. The summed E-state index contributed by atoms with van der Waals surface area (Å²) in [7, 11) is 3.05. The summed E-state index contributed by atoms with van der Waals surface area (Å²) in [5.41, 5.74) is 2.13. The van der Waals surface area contributed by atoms with E-state index in [2.05, 4.69) is 23.5 Å². The third-order valence-corrected chi connectivity index (χ3v) is 6.80. The van der Waals surface area contributed by atoms with Gasteiger partial charge in [-0.2, -0.15) is 0 Å². The number of aliphatic imine (C=N–C) groups is 1. The zero-order chi connectivity index (χ0) is 30.2. The lowest BCUT2D eigenvalue weighted by Gasteiger charge is -2.23. The van der Waals surface area contributed by atoms with Gasteiger partial charge in [0.1, 0.15) is 28.5 Å². The Labute approximate surface area is 240 Å². The van der Waals surface area contributed by atoms with Gasteiger partial charge in [0.05, 0.1) is 25.8 Å². The molecule has 0 saturated carbocycles. The number of carbonyl (C=O) groups is 1. The van der Waals surface area contributed by atoms with Crippen molar-refractivity contribution in [3.8, 4) is 5.75 Å². The summed E-state index contributed by atoms with van der Waals surface area (Å²) in [5.74, 6) is -0.0262. The molecule has 0 bridgehead atoms. The van der Waals surface area contributed by atoms with E-state index in [1.165, 1.54) is 20.0 Å². The molecule has 214 valence electrons. The number of furan rings is 1. The number of fused-ring (bicyclic) bond motifs is 1. The molecule has 1 heterocycles. The van der Waals surface area contributed by atoms with Crippen LogP contribution < -0.4 is 10.1 Å². The predicted molar refractivity (Wildman–Crippen MR) is 164 cm³/mol. The number of carbonyl (C=O) groups excluding carboxylic acids is 1. The van der Waals surface area contributed by atoms with Crippen molar-refractivity contribution in [2.45, 2.75) is 38.8 Å². The first-order valence-corrected chi connectivity index (χ1v) is 13.2. The van der Waals surface area contributed by atoms with E-state index in [1.807, 2.05) is 56.3 Å². The quantitative estimate of drug-likeness (QED) is 0.183. The number of allylic oxidation sites excluding steroid dienone is 4. The third kappa shape index (κ3) is 7.18. The summed E-state index contributed by atoms with van der Waals surface area (Å²) in [4.78, 5) is 17.0. The van der Waals surface area contributed by atoms with E-state index >= 15 is 0 Å². The fourth-order valence-corrected chi connectivity index (χ4v) is 4.61. The topological polar surface area (TPSA) is 84.1 Å². The summed E-state index contributed by atoms with van der Waals surface area (Å²) < 4.78 is 25.8. The highest BCUT2D eigenvalue weighted by molar-refractivity contribution is 5.84. The minimum absolute atomic E-state index is 0.0642. The van der Waals surface area contributed by atoms with E-state index in [-0.39, 0.29) is 23.7 Å². The van der Waals surface area contributed by atoms with Crippen molar-refractivity contribution in [1.82, 2.24) is 5.32 Å². The van der Waals surface area contributed by atoms with E-state index in [0.29, 0.717) is 11.0 Å². The molecule has 3 aromatic rings. The molecule has 2 aromatic carbocycles. The number of methoxy groups -OCH3 is 1. The lowest BCUT2D eigenvalue weighted by Crippen LogP contribution is -2.31. The molecule has 0 saturated heterocycles. The van der Waals surface area contributed by atoms with Crippen molar-refractivity contribution in [3.63, 3.8) is 0 Å². The van der Waals surface area contributed by atoms with Gasteiger partial charge in [0.15, 0.2) is 0 Å². The van der Waals surface area contributed by atoms with Gasteiger partial charge in [0, 0.05) is 18.0 Å². The number of hydrogen-bond donors (Lipinski definition) is 2. The molecule has 6 nitrogen and oxygen atoms in total. The average Bonchev–Trinajstić information content (AvgIpc) is 3.38. The van der Waals surface area contributed by atoms with E-state index in [4.69, 9.17) is 9.15 Å². The highest BCUT2D eigenvalue weighted by Crippen LogP contribution is 2.36. The summed E-state index contributed by atoms with van der Waals surface area (Å²) in [6.45, 7) is 12.9. The van der Waals surface area contributed by atoms with Crippen molar-refractivity contribution in [2.75, 3.05) is 14.2 Å². The van der Waals surface area contributed by atoms with Crippen molar-refractivity contribution in [3.05, 3.63) is 125 Å². The number of amides is 1. The van der Waals surface area contributed by atoms with Gasteiger partial charge in [-0.25, -0.2) is 4.39 Å². The highest BCUT2D eigenvalue weighted by Gasteiger charge is 2.33. The Bertz CT molecular complexity index is 1560. The van der Waals surface area contributed by atoms with E-state index in [9.17, 15) is 14.3 Å². The SMILES string of the molecule is C=C/C(=C(/F)C=NC)C(C)(O)c1cc2cc(CC(=O)NC(/C(C=C)=C/C=C\C)c3ccc(OC)cc3C)ccc2o1. The Balaban J connectivity index is 1.92. The predicted octanol–water partition coefficient (Wildman–Crippen LogP) is 7.16. The van der Waals surface area contributed by atoms with Crippen LogP contribution in [0.5, 0.6) is 5.75 Å². The van der Waals surface area contributed by atoms with E-state index in [0.717, 1.165) is 34.2 Å². The third-order valence-electron chi connectivity index (χ3n) is 6.80. The van der Waals surface area contributed by atoms with Gasteiger partial charge < -0.3 is 19.6 Å². The number of halogens is 1. The molecule has 2 atom stereocenters. The number of rotatable bonds is 12. The van der Waals surface area contributed by atoms with Crippen molar-refractivity contribution in [1.29, 1.82) is 0 Å². The summed E-state index contributed by atoms with van der Waals surface area (Å²) in [6, 6.07) is 12.3. The number of ether oxygens (including phenoxy) is 1. The zero-order valence-electron chi connectivity index (χ0n) is 24.2. The Kier molecular flexibility index (Phi) is 10.4. The van der Waals surface area contributed by atoms with Crippen LogP contribution >= 0.6 is 0 Å². The standard InChI is InChI=1S/C34H37FN2O4/c1-8-11-12-24(9-2)33(27-15-14-26(40-7)17-22(27)4)37-32(38)19-23-13-16-30-25(18-23)20-31(41-30)34(5,39)28(10-3)29(35)21-36-6/h8-18,20-21,33,39H,2-3,19H2,1,4-7H3,(H,37,38)/b11-8-,24-12+,29-28-,36-21?. The molecule has 0 aliphatic carbocycles. The molecule has 1 amide bonds. The van der Waals surface area contributed by atoms with Gasteiger partial charge in [-0.05, 0) is 73.4 Å². The molecule has 1 aromatic heterocycles. The first-order chi connectivity index (χ1) is 19.6. The van der Waals surface area contributed by atoms with Crippen LogP contribution in [0.25, 0.3) is 11.0 Å². The summed E-state index contributed by atoms with van der Waals surface area (Å²) >= 11 is 0. The van der Waals surface area contributed by atoms with Crippen LogP contribution in [0.1, 0.15) is 42.3 Å². The Morgan fingerprint density at radius 3 is 2.59 bits per heavy atom. The summed E-state index contributed by atoms with van der Waals surface area (Å²) in [6.07, 6.45) is 9.83. The highest BCUT2D eigenvalue weighted by atomic mass is 19.1. The minimum atomic E-state index is -1.78. The van der Waals surface area contributed by atoms with Gasteiger partial charge in [-0.3, -0.25) is 9.79 Å². The molecule has 0 aliphatic rings. The summed E-state index contributed by atoms with van der Waals surface area (Å²) in [5, 5.41) is 15.0. The zero-order valence-corrected chi connectivity index (χ0v) is 24.2.